The van der Waals surface area contributed by atoms with Gasteiger partial charge in [0.2, 0.25) is 0 Å². The number of carbonyl (C=O) groups is 1. The van der Waals surface area contributed by atoms with Crippen molar-refractivity contribution in [1.29, 1.82) is 0 Å². The summed E-state index contributed by atoms with van der Waals surface area (Å²) in [6.45, 7) is 8.29. The van der Waals surface area contributed by atoms with E-state index in [0.717, 1.165) is 26.9 Å². The Bertz CT molecular complexity index is 677. The van der Waals surface area contributed by atoms with Crippen molar-refractivity contribution in [3.63, 3.8) is 0 Å². The Morgan fingerprint density at radius 3 is 2.48 bits per heavy atom. The molecule has 0 heterocycles. The van der Waals surface area contributed by atoms with Crippen LogP contribution < -0.4 is 5.32 Å². The summed E-state index contributed by atoms with van der Waals surface area (Å²) in [6, 6.07) is 11.9. The monoisotopic (exact) mass is 345 g/mol. The molecule has 110 valence electrons. The highest BCUT2D eigenvalue weighted by Gasteiger charge is 2.15. The third kappa shape index (κ3) is 3.53. The van der Waals surface area contributed by atoms with E-state index in [1.54, 1.807) is 0 Å². The fourth-order valence-electron chi connectivity index (χ4n) is 2.33. The van der Waals surface area contributed by atoms with Crippen molar-refractivity contribution in [3.8, 4) is 0 Å². The maximum atomic E-state index is 12.5. The standard InChI is InChI=1S/C18H20BrNO/c1-11(2)14-7-5-6-13(4)17(14)20-18(21)15-9-8-12(3)10-16(15)19/h5-11H,1-4H3,(H,20,21). The molecule has 0 unspecified atom stereocenters. The van der Waals surface area contributed by atoms with Crippen molar-refractivity contribution in [2.45, 2.75) is 33.6 Å². The van der Waals surface area contributed by atoms with Crippen molar-refractivity contribution >= 4 is 27.5 Å². The van der Waals surface area contributed by atoms with Gasteiger partial charge in [-0.2, -0.15) is 0 Å². The minimum atomic E-state index is -0.0851. The van der Waals surface area contributed by atoms with Crippen LogP contribution in [0.15, 0.2) is 40.9 Å². The molecule has 2 nitrogen and oxygen atoms in total. The minimum absolute atomic E-state index is 0.0851. The molecule has 1 amide bonds. The Balaban J connectivity index is 2.36. The van der Waals surface area contributed by atoms with Crippen molar-refractivity contribution in [2.75, 3.05) is 5.32 Å². The van der Waals surface area contributed by atoms with Gasteiger partial charge in [-0.25, -0.2) is 0 Å². The lowest BCUT2D eigenvalue weighted by molar-refractivity contribution is 0.102. The van der Waals surface area contributed by atoms with Gasteiger partial charge in [-0.05, 0) is 64.5 Å². The van der Waals surface area contributed by atoms with Gasteiger partial charge in [-0.1, -0.05) is 38.1 Å². The molecular weight excluding hydrogens is 326 g/mol. The Hall–Kier alpha value is -1.61. The Labute approximate surface area is 134 Å². The quantitative estimate of drug-likeness (QED) is 0.788. The number of nitrogens with one attached hydrogen (secondary N) is 1. The van der Waals surface area contributed by atoms with Gasteiger partial charge in [0.1, 0.15) is 0 Å². The number of carbonyl (C=O) groups excluding carboxylic acids is 1. The first-order valence-corrected chi connectivity index (χ1v) is 7.86. The van der Waals surface area contributed by atoms with Crippen LogP contribution in [0, 0.1) is 13.8 Å². The number of anilines is 1. The second kappa shape index (κ2) is 6.44. The van der Waals surface area contributed by atoms with Gasteiger partial charge in [0, 0.05) is 10.2 Å². The first kappa shape index (κ1) is 15.8. The smallest absolute Gasteiger partial charge is 0.256 e. The van der Waals surface area contributed by atoms with Crippen molar-refractivity contribution in [2.24, 2.45) is 0 Å². The zero-order valence-electron chi connectivity index (χ0n) is 12.8. The maximum Gasteiger partial charge on any atom is 0.256 e. The van der Waals surface area contributed by atoms with Crippen molar-refractivity contribution < 1.29 is 4.79 Å². The van der Waals surface area contributed by atoms with Crippen molar-refractivity contribution in [1.82, 2.24) is 0 Å². The van der Waals surface area contributed by atoms with E-state index >= 15 is 0 Å². The fraction of sp³-hybridized carbons (Fsp3) is 0.278. The Morgan fingerprint density at radius 1 is 1.14 bits per heavy atom. The Kier molecular flexibility index (Phi) is 4.84. The highest BCUT2D eigenvalue weighted by Crippen LogP contribution is 2.28. The molecule has 2 aromatic rings. The molecule has 0 spiro atoms. The second-order valence-corrected chi connectivity index (χ2v) is 6.49. The summed E-state index contributed by atoms with van der Waals surface area (Å²) in [6.07, 6.45) is 0. The van der Waals surface area contributed by atoms with E-state index in [1.165, 1.54) is 0 Å². The molecule has 3 heteroatoms. The van der Waals surface area contributed by atoms with Crippen LogP contribution in [0.4, 0.5) is 5.69 Å². The first-order chi connectivity index (χ1) is 9.90. The van der Waals surface area contributed by atoms with Crippen LogP contribution in [0.2, 0.25) is 0 Å². The highest BCUT2D eigenvalue weighted by atomic mass is 79.9. The maximum absolute atomic E-state index is 12.5. The normalized spacial score (nSPS) is 10.8. The number of aryl methyl sites for hydroxylation is 2. The number of amides is 1. The Morgan fingerprint density at radius 2 is 1.86 bits per heavy atom. The van der Waals surface area contributed by atoms with E-state index in [4.69, 9.17) is 0 Å². The van der Waals surface area contributed by atoms with E-state index in [2.05, 4.69) is 41.2 Å². The van der Waals surface area contributed by atoms with Crippen LogP contribution in [0.25, 0.3) is 0 Å². The predicted molar refractivity (Wildman–Crippen MR) is 92.1 cm³/mol. The molecule has 0 aliphatic heterocycles. The van der Waals surface area contributed by atoms with Crippen LogP contribution in [0.1, 0.15) is 46.8 Å². The molecule has 21 heavy (non-hydrogen) atoms. The molecule has 0 aromatic heterocycles. The molecule has 0 bridgehead atoms. The van der Waals surface area contributed by atoms with Crippen LogP contribution in [0.5, 0.6) is 0 Å². The van der Waals surface area contributed by atoms with Gasteiger partial charge in [0.25, 0.3) is 5.91 Å². The molecular formula is C18H20BrNO. The van der Waals surface area contributed by atoms with Crippen LogP contribution >= 0.6 is 15.9 Å². The molecule has 0 saturated heterocycles. The van der Waals surface area contributed by atoms with Gasteiger partial charge < -0.3 is 5.32 Å². The average Bonchev–Trinajstić information content (AvgIpc) is 2.40. The molecule has 2 rings (SSSR count). The number of para-hydroxylation sites is 1. The van der Waals surface area contributed by atoms with Gasteiger partial charge >= 0.3 is 0 Å². The fourth-order valence-corrected chi connectivity index (χ4v) is 3.00. The molecule has 2 aromatic carbocycles. The molecule has 0 fully saturated rings. The predicted octanol–water partition coefficient (Wildman–Crippen LogP) is 5.44. The molecule has 0 radical (unpaired) electrons. The van der Waals surface area contributed by atoms with Gasteiger partial charge in [-0.15, -0.1) is 0 Å². The summed E-state index contributed by atoms with van der Waals surface area (Å²) >= 11 is 3.47. The van der Waals surface area contributed by atoms with E-state index < -0.39 is 0 Å². The minimum Gasteiger partial charge on any atom is -0.321 e. The second-order valence-electron chi connectivity index (χ2n) is 5.63. The zero-order valence-corrected chi connectivity index (χ0v) is 14.4. The number of hydrogen-bond acceptors (Lipinski definition) is 1. The summed E-state index contributed by atoms with van der Waals surface area (Å²) in [4.78, 5) is 12.5. The molecule has 0 aliphatic carbocycles. The lowest BCUT2D eigenvalue weighted by atomic mass is 9.98. The molecule has 0 aliphatic rings. The summed E-state index contributed by atoms with van der Waals surface area (Å²) in [7, 11) is 0. The van der Waals surface area contributed by atoms with E-state index in [9.17, 15) is 4.79 Å². The third-order valence-electron chi connectivity index (χ3n) is 3.53. The lowest BCUT2D eigenvalue weighted by Crippen LogP contribution is -2.15. The highest BCUT2D eigenvalue weighted by molar-refractivity contribution is 9.10. The van der Waals surface area contributed by atoms with Crippen LogP contribution in [0.3, 0.4) is 0 Å². The van der Waals surface area contributed by atoms with E-state index in [0.29, 0.717) is 11.5 Å². The number of halogens is 1. The summed E-state index contributed by atoms with van der Waals surface area (Å²) in [5, 5.41) is 3.07. The molecule has 1 N–H and O–H groups in total. The van der Waals surface area contributed by atoms with E-state index in [-0.39, 0.29) is 5.91 Å². The number of rotatable bonds is 3. The largest absolute Gasteiger partial charge is 0.321 e. The summed E-state index contributed by atoms with van der Waals surface area (Å²) < 4.78 is 0.819. The van der Waals surface area contributed by atoms with E-state index in [1.807, 2.05) is 44.2 Å². The third-order valence-corrected chi connectivity index (χ3v) is 4.19. The van der Waals surface area contributed by atoms with Crippen LogP contribution in [-0.2, 0) is 0 Å². The average molecular weight is 346 g/mol. The number of benzene rings is 2. The SMILES string of the molecule is Cc1ccc(C(=O)Nc2c(C)cccc2C(C)C)c(Br)c1. The molecule has 0 saturated carbocycles. The van der Waals surface area contributed by atoms with Crippen LogP contribution in [-0.4, -0.2) is 5.91 Å². The topological polar surface area (TPSA) is 29.1 Å². The zero-order chi connectivity index (χ0) is 15.6. The summed E-state index contributed by atoms with van der Waals surface area (Å²) in [5.74, 6) is 0.278. The van der Waals surface area contributed by atoms with Gasteiger partial charge in [-0.3, -0.25) is 4.79 Å². The van der Waals surface area contributed by atoms with Crippen molar-refractivity contribution in [3.05, 3.63) is 63.1 Å². The summed E-state index contributed by atoms with van der Waals surface area (Å²) in [5.41, 5.74) is 4.94. The number of hydrogen-bond donors (Lipinski definition) is 1. The molecule has 0 atom stereocenters. The lowest BCUT2D eigenvalue weighted by Gasteiger charge is -2.17. The first-order valence-electron chi connectivity index (χ1n) is 7.07. The van der Waals surface area contributed by atoms with Gasteiger partial charge in [0.15, 0.2) is 0 Å². The van der Waals surface area contributed by atoms with Gasteiger partial charge in [0.05, 0.1) is 5.56 Å².